The van der Waals surface area contributed by atoms with Crippen molar-refractivity contribution >= 4 is 29.7 Å². The normalized spacial score (nSPS) is 16.1. The Balaban J connectivity index is 0.00000162. The van der Waals surface area contributed by atoms with E-state index in [1.807, 2.05) is 23.4 Å². The fraction of sp³-hybridized carbons (Fsp3) is 0.615. The Morgan fingerprint density at radius 3 is 2.83 bits per heavy atom. The summed E-state index contributed by atoms with van der Waals surface area (Å²) in [5.74, 6) is 0.912. The molecule has 0 bridgehead atoms. The van der Waals surface area contributed by atoms with Crippen molar-refractivity contribution in [2.24, 2.45) is 5.92 Å². The van der Waals surface area contributed by atoms with Crippen molar-refractivity contribution in [3.8, 4) is 0 Å². The lowest BCUT2D eigenvalue weighted by Gasteiger charge is -2.27. The molecule has 1 saturated heterocycles. The zero-order valence-corrected chi connectivity index (χ0v) is 12.4. The van der Waals surface area contributed by atoms with E-state index in [0.717, 1.165) is 25.2 Å². The predicted molar refractivity (Wildman–Crippen MR) is 78.5 cm³/mol. The summed E-state index contributed by atoms with van der Waals surface area (Å²) >= 11 is 1.65. The van der Waals surface area contributed by atoms with Crippen molar-refractivity contribution in [1.29, 1.82) is 0 Å². The number of likely N-dealkylation sites (N-methyl/N-ethyl adjacent to an activating group) is 1. The molecule has 1 aromatic heterocycles. The van der Waals surface area contributed by atoms with Crippen LogP contribution in [0.5, 0.6) is 0 Å². The monoisotopic (exact) mass is 288 g/mol. The molecule has 0 aliphatic carbocycles. The molecule has 0 aromatic carbocycles. The van der Waals surface area contributed by atoms with Crippen LogP contribution < -0.4 is 5.32 Å². The van der Waals surface area contributed by atoms with E-state index in [4.69, 9.17) is 0 Å². The van der Waals surface area contributed by atoms with Gasteiger partial charge in [0, 0.05) is 13.6 Å². The first-order valence-electron chi connectivity index (χ1n) is 6.21. The molecule has 1 aliphatic heterocycles. The summed E-state index contributed by atoms with van der Waals surface area (Å²) in [7, 11) is 1.93. The standard InChI is InChI=1S/C13H20N2OS.ClH/c1-15(9-11-2-5-14-6-3-11)13(16)8-12-4-7-17-10-12;/h4,7,10-11,14H,2-3,5-6,8-9H2,1H3;1H. The van der Waals surface area contributed by atoms with E-state index in [2.05, 4.69) is 10.7 Å². The van der Waals surface area contributed by atoms with Gasteiger partial charge < -0.3 is 10.2 Å². The highest BCUT2D eigenvalue weighted by Gasteiger charge is 2.18. The highest BCUT2D eigenvalue weighted by atomic mass is 35.5. The molecule has 1 fully saturated rings. The topological polar surface area (TPSA) is 32.3 Å². The van der Waals surface area contributed by atoms with Crippen LogP contribution in [-0.4, -0.2) is 37.5 Å². The van der Waals surface area contributed by atoms with Gasteiger partial charge in [-0.2, -0.15) is 11.3 Å². The largest absolute Gasteiger partial charge is 0.345 e. The molecule has 102 valence electrons. The summed E-state index contributed by atoms with van der Waals surface area (Å²) in [6, 6.07) is 2.03. The number of amides is 1. The van der Waals surface area contributed by atoms with Gasteiger partial charge in [-0.1, -0.05) is 0 Å². The van der Waals surface area contributed by atoms with Crippen molar-refractivity contribution in [3.05, 3.63) is 22.4 Å². The van der Waals surface area contributed by atoms with Gasteiger partial charge in [-0.3, -0.25) is 4.79 Å². The van der Waals surface area contributed by atoms with Crippen LogP contribution in [0.4, 0.5) is 0 Å². The number of piperidine rings is 1. The first-order valence-corrected chi connectivity index (χ1v) is 7.16. The minimum Gasteiger partial charge on any atom is -0.345 e. The summed E-state index contributed by atoms with van der Waals surface area (Å²) in [4.78, 5) is 13.9. The molecule has 0 unspecified atom stereocenters. The minimum absolute atomic E-state index is 0. The molecular weight excluding hydrogens is 268 g/mol. The second-order valence-corrected chi connectivity index (χ2v) is 5.56. The molecule has 2 rings (SSSR count). The molecule has 2 heterocycles. The Labute approximate surface area is 119 Å². The maximum Gasteiger partial charge on any atom is 0.226 e. The van der Waals surface area contributed by atoms with E-state index in [-0.39, 0.29) is 18.3 Å². The van der Waals surface area contributed by atoms with E-state index < -0.39 is 0 Å². The maximum atomic E-state index is 12.0. The molecule has 1 aliphatic rings. The Morgan fingerprint density at radius 2 is 2.22 bits per heavy atom. The zero-order valence-electron chi connectivity index (χ0n) is 10.7. The number of nitrogens with one attached hydrogen (secondary N) is 1. The molecule has 1 amide bonds. The van der Waals surface area contributed by atoms with Crippen LogP contribution >= 0.6 is 23.7 Å². The Bertz CT molecular complexity index is 350. The SMILES string of the molecule is CN(CC1CCNCC1)C(=O)Cc1ccsc1.Cl. The molecular formula is C13H21ClN2OS. The van der Waals surface area contributed by atoms with Gasteiger partial charge in [0.1, 0.15) is 0 Å². The first kappa shape index (κ1) is 15.5. The molecule has 18 heavy (non-hydrogen) atoms. The molecule has 1 N–H and O–H groups in total. The van der Waals surface area contributed by atoms with Gasteiger partial charge in [0.2, 0.25) is 5.91 Å². The number of thiophene rings is 1. The van der Waals surface area contributed by atoms with E-state index >= 15 is 0 Å². The highest BCUT2D eigenvalue weighted by Crippen LogP contribution is 2.14. The van der Waals surface area contributed by atoms with Crippen LogP contribution in [0.3, 0.4) is 0 Å². The van der Waals surface area contributed by atoms with Crippen molar-refractivity contribution in [3.63, 3.8) is 0 Å². The van der Waals surface area contributed by atoms with Crippen molar-refractivity contribution in [2.75, 3.05) is 26.7 Å². The number of hydrogen-bond acceptors (Lipinski definition) is 3. The third-order valence-electron chi connectivity index (χ3n) is 3.35. The van der Waals surface area contributed by atoms with Crippen molar-refractivity contribution in [2.45, 2.75) is 19.3 Å². The van der Waals surface area contributed by atoms with E-state index in [9.17, 15) is 4.79 Å². The van der Waals surface area contributed by atoms with Crippen LogP contribution in [0.15, 0.2) is 16.8 Å². The van der Waals surface area contributed by atoms with E-state index in [1.54, 1.807) is 11.3 Å². The second kappa shape index (κ2) is 7.77. The van der Waals surface area contributed by atoms with Gasteiger partial charge in [-0.05, 0) is 54.2 Å². The van der Waals surface area contributed by atoms with Crippen LogP contribution in [0.25, 0.3) is 0 Å². The van der Waals surface area contributed by atoms with Crippen LogP contribution in [0.1, 0.15) is 18.4 Å². The Hall–Kier alpha value is -0.580. The average molecular weight is 289 g/mol. The molecule has 0 saturated carbocycles. The first-order chi connectivity index (χ1) is 8.25. The molecule has 1 aromatic rings. The molecule has 0 radical (unpaired) electrons. The predicted octanol–water partition coefficient (Wildman–Crippen LogP) is 2.17. The van der Waals surface area contributed by atoms with E-state index in [0.29, 0.717) is 12.3 Å². The number of halogens is 1. The average Bonchev–Trinajstić information content (AvgIpc) is 2.83. The number of carbonyl (C=O) groups excluding carboxylic acids is 1. The van der Waals surface area contributed by atoms with Crippen LogP contribution in [-0.2, 0) is 11.2 Å². The van der Waals surface area contributed by atoms with Crippen LogP contribution in [0.2, 0.25) is 0 Å². The van der Waals surface area contributed by atoms with Gasteiger partial charge in [0.15, 0.2) is 0 Å². The summed E-state index contributed by atoms with van der Waals surface area (Å²) in [5, 5.41) is 7.43. The highest BCUT2D eigenvalue weighted by molar-refractivity contribution is 7.07. The van der Waals surface area contributed by atoms with E-state index in [1.165, 1.54) is 12.8 Å². The summed E-state index contributed by atoms with van der Waals surface area (Å²) in [6.45, 7) is 3.10. The third-order valence-corrected chi connectivity index (χ3v) is 4.08. The number of rotatable bonds is 4. The van der Waals surface area contributed by atoms with Crippen molar-refractivity contribution < 1.29 is 4.79 Å². The molecule has 3 nitrogen and oxygen atoms in total. The molecule has 0 spiro atoms. The quantitative estimate of drug-likeness (QED) is 0.921. The fourth-order valence-electron chi connectivity index (χ4n) is 2.26. The summed E-state index contributed by atoms with van der Waals surface area (Å²) in [5.41, 5.74) is 1.14. The van der Waals surface area contributed by atoms with Crippen LogP contribution in [0, 0.1) is 5.92 Å². The van der Waals surface area contributed by atoms with Gasteiger partial charge in [-0.25, -0.2) is 0 Å². The van der Waals surface area contributed by atoms with Gasteiger partial charge in [-0.15, -0.1) is 12.4 Å². The third kappa shape index (κ3) is 4.59. The summed E-state index contributed by atoms with van der Waals surface area (Å²) in [6.07, 6.45) is 2.93. The second-order valence-electron chi connectivity index (χ2n) is 4.78. The van der Waals surface area contributed by atoms with Gasteiger partial charge in [0.25, 0.3) is 0 Å². The lowest BCUT2D eigenvalue weighted by atomic mass is 9.97. The fourth-order valence-corrected chi connectivity index (χ4v) is 2.92. The van der Waals surface area contributed by atoms with Crippen molar-refractivity contribution in [1.82, 2.24) is 10.2 Å². The zero-order chi connectivity index (χ0) is 12.1. The molecule has 5 heteroatoms. The van der Waals surface area contributed by atoms with Gasteiger partial charge >= 0.3 is 0 Å². The minimum atomic E-state index is 0. The lowest BCUT2D eigenvalue weighted by molar-refractivity contribution is -0.129. The van der Waals surface area contributed by atoms with Gasteiger partial charge in [0.05, 0.1) is 6.42 Å². The Kier molecular flexibility index (Phi) is 6.68. The number of hydrogen-bond donors (Lipinski definition) is 1. The molecule has 0 atom stereocenters. The Morgan fingerprint density at radius 1 is 1.50 bits per heavy atom. The number of carbonyl (C=O) groups is 1. The number of nitrogens with zero attached hydrogens (tertiary/aromatic N) is 1. The summed E-state index contributed by atoms with van der Waals surface area (Å²) < 4.78 is 0. The smallest absolute Gasteiger partial charge is 0.226 e. The maximum absolute atomic E-state index is 12.0. The lowest BCUT2D eigenvalue weighted by Crippen LogP contribution is -2.37.